The average molecular weight is 647 g/mol. The van der Waals surface area contributed by atoms with Gasteiger partial charge in [0, 0.05) is 6.42 Å². The first-order chi connectivity index (χ1) is 22.7. The highest BCUT2D eigenvalue weighted by Gasteiger charge is 2.03. The lowest BCUT2D eigenvalue weighted by Crippen LogP contribution is -2.05. The van der Waals surface area contributed by atoms with Gasteiger partial charge >= 0.3 is 5.97 Å². The Bertz CT molecular complexity index is 595. The Labute approximate surface area is 291 Å². The number of esters is 1. The minimum absolute atomic E-state index is 0.0187. The van der Waals surface area contributed by atoms with Crippen molar-refractivity contribution in [3.8, 4) is 0 Å². The minimum atomic E-state index is 0.0187. The van der Waals surface area contributed by atoms with Gasteiger partial charge in [-0.15, -0.1) is 0 Å². The Morgan fingerprint density at radius 1 is 0.435 bits per heavy atom. The third-order valence-corrected chi connectivity index (χ3v) is 9.83. The van der Waals surface area contributed by atoms with E-state index >= 15 is 0 Å². The van der Waals surface area contributed by atoms with E-state index in [-0.39, 0.29) is 5.97 Å². The summed E-state index contributed by atoms with van der Waals surface area (Å²) in [5.74, 6) is 0.904. The van der Waals surface area contributed by atoms with E-state index in [1.54, 1.807) is 0 Å². The molecule has 0 spiro atoms. The lowest BCUT2D eigenvalue weighted by atomic mass is 10.0. The molecule has 0 saturated heterocycles. The fourth-order valence-corrected chi connectivity index (χ4v) is 6.61. The molecular weight excluding hydrogens is 560 g/mol. The van der Waals surface area contributed by atoms with Crippen LogP contribution in [0.2, 0.25) is 0 Å². The first kappa shape index (κ1) is 45.2. The number of hydrogen-bond donors (Lipinski definition) is 0. The van der Waals surface area contributed by atoms with Crippen molar-refractivity contribution in [1.29, 1.82) is 0 Å². The highest BCUT2D eigenvalue weighted by Crippen LogP contribution is 2.16. The Balaban J connectivity index is 3.15. The minimum Gasteiger partial charge on any atom is -0.466 e. The molecule has 0 aliphatic rings. The molecule has 46 heavy (non-hydrogen) atoms. The summed E-state index contributed by atoms with van der Waals surface area (Å²) in [6, 6.07) is 0. The summed E-state index contributed by atoms with van der Waals surface area (Å²) in [4.78, 5) is 12.0. The van der Waals surface area contributed by atoms with Crippen LogP contribution >= 0.6 is 0 Å². The van der Waals surface area contributed by atoms with Crippen LogP contribution < -0.4 is 0 Å². The maximum atomic E-state index is 12.0. The van der Waals surface area contributed by atoms with Crippen LogP contribution in [0.15, 0.2) is 12.2 Å². The number of carbonyl (C=O) groups excluding carboxylic acids is 1. The Hall–Kier alpha value is -0.790. The maximum Gasteiger partial charge on any atom is 0.305 e. The van der Waals surface area contributed by atoms with E-state index in [0.717, 1.165) is 25.2 Å². The van der Waals surface area contributed by atoms with Gasteiger partial charge in [0.25, 0.3) is 0 Å². The standard InChI is InChI=1S/C44H86O2/c1-4-5-6-7-8-9-10-22-26-29-32-35-38-41-44(45)46-42-39-36-33-30-27-24-21-19-17-15-13-11-12-14-16-18-20-23-25-28-31-34-37-40-43(2)3/h9-10,43H,4-8,11-42H2,1-3H3/b10-9-. The van der Waals surface area contributed by atoms with Gasteiger partial charge in [0.05, 0.1) is 6.61 Å². The van der Waals surface area contributed by atoms with E-state index in [9.17, 15) is 4.79 Å². The maximum absolute atomic E-state index is 12.0. The molecule has 0 unspecified atom stereocenters. The van der Waals surface area contributed by atoms with Crippen molar-refractivity contribution in [3.63, 3.8) is 0 Å². The van der Waals surface area contributed by atoms with Gasteiger partial charge in [-0.1, -0.05) is 219 Å². The van der Waals surface area contributed by atoms with Crippen LogP contribution in [0.5, 0.6) is 0 Å². The number of carbonyl (C=O) groups is 1. The van der Waals surface area contributed by atoms with Crippen molar-refractivity contribution in [3.05, 3.63) is 12.2 Å². The zero-order chi connectivity index (χ0) is 33.4. The van der Waals surface area contributed by atoms with Gasteiger partial charge in [0.1, 0.15) is 0 Å². The van der Waals surface area contributed by atoms with Crippen molar-refractivity contribution in [2.24, 2.45) is 5.92 Å². The van der Waals surface area contributed by atoms with Crippen LogP contribution in [-0.4, -0.2) is 12.6 Å². The van der Waals surface area contributed by atoms with Gasteiger partial charge in [0.15, 0.2) is 0 Å². The molecule has 0 fully saturated rings. The zero-order valence-electron chi connectivity index (χ0n) is 32.2. The van der Waals surface area contributed by atoms with Gasteiger partial charge in [-0.2, -0.15) is 0 Å². The molecule has 0 aromatic carbocycles. The molecule has 0 bridgehead atoms. The molecule has 0 aromatic rings. The molecule has 274 valence electrons. The van der Waals surface area contributed by atoms with E-state index in [1.165, 1.54) is 205 Å². The first-order valence-electron chi connectivity index (χ1n) is 21.5. The van der Waals surface area contributed by atoms with E-state index in [2.05, 4.69) is 32.9 Å². The van der Waals surface area contributed by atoms with Crippen LogP contribution in [0.25, 0.3) is 0 Å². The van der Waals surface area contributed by atoms with Crippen LogP contribution in [0.3, 0.4) is 0 Å². The molecule has 0 aromatic heterocycles. The zero-order valence-corrected chi connectivity index (χ0v) is 32.2. The van der Waals surface area contributed by atoms with Crippen molar-refractivity contribution in [1.82, 2.24) is 0 Å². The second kappa shape index (κ2) is 40.4. The number of ether oxygens (including phenoxy) is 1. The largest absolute Gasteiger partial charge is 0.466 e. The van der Waals surface area contributed by atoms with Gasteiger partial charge < -0.3 is 4.74 Å². The number of allylic oxidation sites excluding steroid dienone is 2. The Morgan fingerprint density at radius 3 is 1.15 bits per heavy atom. The Kier molecular flexibility index (Phi) is 39.7. The molecule has 0 radical (unpaired) electrons. The topological polar surface area (TPSA) is 26.3 Å². The summed E-state index contributed by atoms with van der Waals surface area (Å²) in [5.41, 5.74) is 0. The third kappa shape index (κ3) is 41.2. The molecular formula is C44H86O2. The summed E-state index contributed by atoms with van der Waals surface area (Å²) >= 11 is 0. The van der Waals surface area contributed by atoms with Crippen LogP contribution in [0.1, 0.15) is 252 Å². The van der Waals surface area contributed by atoms with Crippen molar-refractivity contribution in [2.75, 3.05) is 6.61 Å². The highest BCUT2D eigenvalue weighted by molar-refractivity contribution is 5.69. The van der Waals surface area contributed by atoms with E-state index in [0.29, 0.717) is 13.0 Å². The van der Waals surface area contributed by atoms with Gasteiger partial charge in [-0.25, -0.2) is 0 Å². The highest BCUT2D eigenvalue weighted by atomic mass is 16.5. The molecule has 0 heterocycles. The quantitative estimate of drug-likeness (QED) is 0.0377. The van der Waals surface area contributed by atoms with Crippen LogP contribution in [-0.2, 0) is 9.53 Å². The first-order valence-corrected chi connectivity index (χ1v) is 21.5. The van der Waals surface area contributed by atoms with Gasteiger partial charge in [-0.05, 0) is 44.4 Å². The molecule has 0 rings (SSSR count). The lowest BCUT2D eigenvalue weighted by Gasteiger charge is -2.06. The summed E-state index contributed by atoms with van der Waals surface area (Å²) in [6.07, 6.45) is 53.1. The molecule has 0 amide bonds. The van der Waals surface area contributed by atoms with Crippen LogP contribution in [0.4, 0.5) is 0 Å². The normalized spacial score (nSPS) is 11.7. The fraction of sp³-hybridized carbons (Fsp3) is 0.932. The second-order valence-electron chi connectivity index (χ2n) is 15.2. The number of unbranched alkanes of at least 4 members (excludes halogenated alkanes) is 31. The summed E-state index contributed by atoms with van der Waals surface area (Å²) in [6.45, 7) is 7.58. The van der Waals surface area contributed by atoms with E-state index < -0.39 is 0 Å². The van der Waals surface area contributed by atoms with Crippen molar-refractivity contribution in [2.45, 2.75) is 252 Å². The summed E-state index contributed by atoms with van der Waals surface area (Å²) < 4.78 is 5.46. The van der Waals surface area contributed by atoms with E-state index in [1.807, 2.05) is 0 Å². The monoisotopic (exact) mass is 647 g/mol. The summed E-state index contributed by atoms with van der Waals surface area (Å²) in [5, 5.41) is 0. The van der Waals surface area contributed by atoms with Gasteiger partial charge in [0.2, 0.25) is 0 Å². The van der Waals surface area contributed by atoms with Crippen LogP contribution in [0, 0.1) is 5.92 Å². The number of rotatable bonds is 39. The molecule has 0 atom stereocenters. The lowest BCUT2D eigenvalue weighted by molar-refractivity contribution is -0.143. The average Bonchev–Trinajstić information content (AvgIpc) is 3.04. The molecule has 0 aliphatic carbocycles. The molecule has 2 heteroatoms. The predicted octanol–water partition coefficient (Wildman–Crippen LogP) is 15.8. The molecule has 0 aliphatic heterocycles. The summed E-state index contributed by atoms with van der Waals surface area (Å²) in [7, 11) is 0. The van der Waals surface area contributed by atoms with Gasteiger partial charge in [-0.3, -0.25) is 4.79 Å². The van der Waals surface area contributed by atoms with E-state index in [4.69, 9.17) is 4.74 Å². The molecule has 0 N–H and O–H groups in total. The van der Waals surface area contributed by atoms with Crippen molar-refractivity contribution < 1.29 is 9.53 Å². The molecule has 2 nitrogen and oxygen atoms in total. The van der Waals surface area contributed by atoms with Crippen molar-refractivity contribution >= 4 is 5.97 Å². The second-order valence-corrected chi connectivity index (χ2v) is 15.2. The Morgan fingerprint density at radius 2 is 0.761 bits per heavy atom. The smallest absolute Gasteiger partial charge is 0.305 e. The fourth-order valence-electron chi connectivity index (χ4n) is 6.61. The SMILES string of the molecule is CCCCCC/C=C\CCCCCCCC(=O)OCCCCCCCCCCCCCCCCCCCCCCCCCC(C)C. The number of hydrogen-bond acceptors (Lipinski definition) is 2. The molecule has 0 saturated carbocycles. The predicted molar refractivity (Wildman–Crippen MR) is 207 cm³/mol. The third-order valence-electron chi connectivity index (χ3n) is 9.83.